The van der Waals surface area contributed by atoms with Crippen molar-refractivity contribution in [2.75, 3.05) is 0 Å². The highest BCUT2D eigenvalue weighted by Crippen LogP contribution is 2.71. The van der Waals surface area contributed by atoms with Crippen molar-refractivity contribution in [3.8, 4) is 0 Å². The van der Waals surface area contributed by atoms with Gasteiger partial charge >= 0.3 is 0 Å². The van der Waals surface area contributed by atoms with Gasteiger partial charge in [0, 0.05) is 6.04 Å². The zero-order chi connectivity index (χ0) is 20.3. The van der Waals surface area contributed by atoms with E-state index in [2.05, 4.69) is 56.4 Å². The van der Waals surface area contributed by atoms with Crippen molar-refractivity contribution in [2.45, 2.75) is 96.4 Å². The Morgan fingerprint density at radius 3 is 2.38 bits per heavy atom. The summed E-state index contributed by atoms with van der Waals surface area (Å²) in [6.07, 6.45) is 12.1. The van der Waals surface area contributed by atoms with Gasteiger partial charge in [0.2, 0.25) is 5.91 Å². The second-order valence-corrected chi connectivity index (χ2v) is 11.9. The minimum atomic E-state index is -0.136. The highest BCUT2D eigenvalue weighted by molar-refractivity contribution is 5.84. The number of carbonyl (C=O) groups is 1. The summed E-state index contributed by atoms with van der Waals surface area (Å²) in [5, 5.41) is 3.58. The number of nitrogens with one attached hydrogen (secondary N) is 1. The van der Waals surface area contributed by atoms with Gasteiger partial charge in [-0.3, -0.25) is 4.79 Å². The van der Waals surface area contributed by atoms with E-state index in [0.717, 1.165) is 25.2 Å². The van der Waals surface area contributed by atoms with Crippen LogP contribution in [0.2, 0.25) is 0 Å². The van der Waals surface area contributed by atoms with Crippen molar-refractivity contribution < 1.29 is 4.79 Å². The predicted molar refractivity (Wildman–Crippen MR) is 119 cm³/mol. The topological polar surface area (TPSA) is 29.1 Å². The summed E-state index contributed by atoms with van der Waals surface area (Å²) in [4.78, 5) is 13.9. The Kier molecular flexibility index (Phi) is 4.64. The van der Waals surface area contributed by atoms with Crippen LogP contribution < -0.4 is 5.32 Å². The number of carbonyl (C=O) groups excluding carboxylic acids is 1. The van der Waals surface area contributed by atoms with Crippen molar-refractivity contribution in [2.24, 2.45) is 28.6 Å². The molecule has 5 aliphatic rings. The molecular weight excluding hydrogens is 354 g/mol. The van der Waals surface area contributed by atoms with E-state index in [1.54, 1.807) is 0 Å². The minimum absolute atomic E-state index is 0.136. The lowest BCUT2D eigenvalue weighted by atomic mass is 9.36. The highest BCUT2D eigenvalue weighted by Gasteiger charge is 2.66. The summed E-state index contributed by atoms with van der Waals surface area (Å²) in [5.41, 5.74) is 1.91. The summed E-state index contributed by atoms with van der Waals surface area (Å²) in [5.74, 6) is 2.60. The fourth-order valence-corrected chi connectivity index (χ4v) is 8.27. The number of rotatable bonds is 4. The third kappa shape index (κ3) is 3.17. The molecule has 0 aromatic heterocycles. The van der Waals surface area contributed by atoms with E-state index < -0.39 is 0 Å². The molecule has 6 rings (SSSR count). The summed E-state index contributed by atoms with van der Waals surface area (Å²) in [6, 6.07) is 11.6. The van der Waals surface area contributed by atoms with Crippen LogP contribution in [0, 0.1) is 28.6 Å². The maximum atomic E-state index is 13.9. The van der Waals surface area contributed by atoms with E-state index in [1.165, 1.54) is 50.5 Å². The molecule has 1 aromatic carbocycles. The first-order valence-electron chi connectivity index (χ1n) is 12.2. The van der Waals surface area contributed by atoms with Gasteiger partial charge in [-0.25, -0.2) is 0 Å². The zero-order valence-corrected chi connectivity index (χ0v) is 18.7. The zero-order valence-electron chi connectivity index (χ0n) is 18.7. The van der Waals surface area contributed by atoms with Crippen molar-refractivity contribution >= 4 is 5.91 Å². The molecule has 0 radical (unpaired) electrons. The average Bonchev–Trinajstić information content (AvgIpc) is 2.69. The van der Waals surface area contributed by atoms with Crippen molar-refractivity contribution in [3.63, 3.8) is 0 Å². The number of hydrogen-bond donors (Lipinski definition) is 1. The fourth-order valence-electron chi connectivity index (χ4n) is 8.27. The molecule has 5 aliphatic carbocycles. The normalized spacial score (nSPS) is 43.5. The maximum Gasteiger partial charge on any atom is 0.226 e. The van der Waals surface area contributed by atoms with Crippen LogP contribution in [-0.4, -0.2) is 11.9 Å². The minimum Gasteiger partial charge on any atom is -0.353 e. The van der Waals surface area contributed by atoms with Gasteiger partial charge in [0.05, 0.1) is 5.41 Å². The first kappa shape index (κ1) is 19.6. The lowest BCUT2D eigenvalue weighted by molar-refractivity contribution is -0.170. The number of hydrogen-bond acceptors (Lipinski definition) is 1. The first-order chi connectivity index (χ1) is 13.8. The molecule has 5 fully saturated rings. The maximum absolute atomic E-state index is 13.9. The van der Waals surface area contributed by atoms with Gasteiger partial charge in [-0.05, 0) is 98.4 Å². The predicted octanol–water partition coefficient (Wildman–Crippen LogP) is 6.25. The van der Waals surface area contributed by atoms with Gasteiger partial charge in [-0.15, -0.1) is 0 Å². The SMILES string of the molecule is CC1CCC(NC(=O)C23CC4CC(c5ccccc5)(C2)CC(C(C)C)(C4)C3)CC1. The van der Waals surface area contributed by atoms with E-state index in [4.69, 9.17) is 0 Å². The van der Waals surface area contributed by atoms with E-state index in [-0.39, 0.29) is 10.8 Å². The van der Waals surface area contributed by atoms with Crippen LogP contribution in [-0.2, 0) is 10.2 Å². The van der Waals surface area contributed by atoms with Gasteiger partial charge in [-0.2, -0.15) is 0 Å². The van der Waals surface area contributed by atoms with Crippen LogP contribution in [0.4, 0.5) is 0 Å². The van der Waals surface area contributed by atoms with Crippen LogP contribution >= 0.6 is 0 Å². The Labute approximate surface area is 177 Å². The van der Waals surface area contributed by atoms with Crippen LogP contribution in [0.5, 0.6) is 0 Å². The smallest absolute Gasteiger partial charge is 0.226 e. The van der Waals surface area contributed by atoms with Crippen molar-refractivity contribution in [1.82, 2.24) is 5.32 Å². The Morgan fingerprint density at radius 2 is 1.69 bits per heavy atom. The molecule has 4 bridgehead atoms. The van der Waals surface area contributed by atoms with Gasteiger partial charge in [0.1, 0.15) is 0 Å². The lowest BCUT2D eigenvalue weighted by Gasteiger charge is -2.67. The molecule has 0 saturated heterocycles. The summed E-state index contributed by atoms with van der Waals surface area (Å²) < 4.78 is 0. The van der Waals surface area contributed by atoms with Crippen LogP contribution in [0.25, 0.3) is 0 Å². The molecule has 0 heterocycles. The van der Waals surface area contributed by atoms with Crippen molar-refractivity contribution in [1.29, 1.82) is 0 Å². The van der Waals surface area contributed by atoms with Gasteiger partial charge in [0.25, 0.3) is 0 Å². The van der Waals surface area contributed by atoms with E-state index in [1.807, 2.05) is 0 Å². The van der Waals surface area contributed by atoms with E-state index in [0.29, 0.717) is 29.2 Å². The molecule has 5 saturated carbocycles. The summed E-state index contributed by atoms with van der Waals surface area (Å²) >= 11 is 0. The standard InChI is InChI=1S/C27H39NO/c1-19(2)25-13-21-14-26(16-25,22-7-5-4-6-8-22)18-27(15-21,17-25)24(29)28-23-11-9-20(3)10-12-23/h4-8,19-21,23H,9-18H2,1-3H3,(H,28,29). The molecule has 2 heteroatoms. The molecular formula is C27H39NO. The van der Waals surface area contributed by atoms with Gasteiger partial charge in [-0.1, -0.05) is 51.1 Å². The number of amides is 1. The third-order valence-corrected chi connectivity index (χ3v) is 9.56. The Hall–Kier alpha value is -1.31. The second-order valence-electron chi connectivity index (χ2n) is 11.9. The third-order valence-electron chi connectivity index (χ3n) is 9.56. The Bertz CT molecular complexity index is 764. The molecule has 29 heavy (non-hydrogen) atoms. The Balaban J connectivity index is 1.47. The molecule has 1 aromatic rings. The molecule has 0 spiro atoms. The molecule has 1 amide bonds. The summed E-state index contributed by atoms with van der Waals surface area (Å²) in [7, 11) is 0. The average molecular weight is 394 g/mol. The number of benzene rings is 1. The molecule has 1 N–H and O–H groups in total. The van der Waals surface area contributed by atoms with Crippen molar-refractivity contribution in [3.05, 3.63) is 35.9 Å². The van der Waals surface area contributed by atoms with Crippen LogP contribution in [0.1, 0.15) is 90.5 Å². The molecule has 0 aliphatic heterocycles. The van der Waals surface area contributed by atoms with Crippen LogP contribution in [0.3, 0.4) is 0 Å². The molecule has 4 unspecified atom stereocenters. The quantitative estimate of drug-likeness (QED) is 0.644. The lowest BCUT2D eigenvalue weighted by Crippen LogP contribution is -2.64. The second kappa shape index (κ2) is 6.86. The highest BCUT2D eigenvalue weighted by atomic mass is 16.2. The Morgan fingerprint density at radius 1 is 0.966 bits per heavy atom. The van der Waals surface area contributed by atoms with E-state index >= 15 is 0 Å². The van der Waals surface area contributed by atoms with Crippen LogP contribution in [0.15, 0.2) is 30.3 Å². The summed E-state index contributed by atoms with van der Waals surface area (Å²) in [6.45, 7) is 7.19. The largest absolute Gasteiger partial charge is 0.353 e. The van der Waals surface area contributed by atoms with E-state index in [9.17, 15) is 4.79 Å². The molecule has 2 nitrogen and oxygen atoms in total. The van der Waals surface area contributed by atoms with Gasteiger partial charge in [0.15, 0.2) is 0 Å². The first-order valence-corrected chi connectivity index (χ1v) is 12.2. The molecule has 4 atom stereocenters. The van der Waals surface area contributed by atoms with Gasteiger partial charge < -0.3 is 5.32 Å². The fraction of sp³-hybridized carbons (Fsp3) is 0.741. The monoisotopic (exact) mass is 393 g/mol. The molecule has 158 valence electrons.